The summed E-state index contributed by atoms with van der Waals surface area (Å²) in [4.78, 5) is 22.2. The van der Waals surface area contributed by atoms with Gasteiger partial charge in [-0.1, -0.05) is 0 Å². The Labute approximate surface area is 117 Å². The van der Waals surface area contributed by atoms with Crippen LogP contribution in [0.15, 0.2) is 22.8 Å². The van der Waals surface area contributed by atoms with E-state index in [-0.39, 0.29) is 5.91 Å². The Morgan fingerprint density at radius 1 is 1.45 bits per heavy atom. The van der Waals surface area contributed by atoms with Crippen LogP contribution >= 0.6 is 0 Å². The Morgan fingerprint density at radius 2 is 2.30 bits per heavy atom. The van der Waals surface area contributed by atoms with E-state index in [4.69, 9.17) is 6.42 Å². The van der Waals surface area contributed by atoms with Crippen LogP contribution in [0.1, 0.15) is 31.2 Å². The van der Waals surface area contributed by atoms with E-state index in [1.807, 2.05) is 0 Å². The van der Waals surface area contributed by atoms with Crippen LogP contribution in [-0.4, -0.2) is 28.1 Å². The first-order valence-electron chi connectivity index (χ1n) is 6.71. The van der Waals surface area contributed by atoms with Crippen molar-refractivity contribution in [2.75, 3.05) is 11.4 Å². The summed E-state index contributed by atoms with van der Waals surface area (Å²) in [6.45, 7) is 0.679. The predicted octanol–water partition coefficient (Wildman–Crippen LogP) is 1.72. The highest BCUT2D eigenvalue weighted by molar-refractivity contribution is 5.94. The molecule has 0 fully saturated rings. The Hall–Kier alpha value is -2.29. The Morgan fingerprint density at radius 3 is 3.05 bits per heavy atom. The van der Waals surface area contributed by atoms with E-state index in [2.05, 4.69) is 26.1 Å². The molecule has 1 amide bonds. The lowest BCUT2D eigenvalue weighted by Crippen LogP contribution is -2.30. The Kier molecular flexibility index (Phi) is 3.18. The van der Waals surface area contributed by atoms with Gasteiger partial charge in [0, 0.05) is 44.0 Å². The molecule has 102 valence electrons. The molecule has 0 saturated carbocycles. The van der Waals surface area contributed by atoms with E-state index in [0.29, 0.717) is 25.8 Å². The fourth-order valence-corrected chi connectivity index (χ4v) is 2.46. The minimum atomic E-state index is -0.393. The second-order valence-electron chi connectivity index (χ2n) is 5.05. The summed E-state index contributed by atoms with van der Waals surface area (Å²) in [5.41, 5.74) is 0.639. The average molecular weight is 269 g/mol. The topological polar surface area (TPSA) is 70.8 Å². The van der Waals surface area contributed by atoms with Crippen LogP contribution in [0.3, 0.4) is 0 Å². The largest absolute Gasteiger partial charge is 0.296 e. The summed E-state index contributed by atoms with van der Waals surface area (Å²) in [6, 6.07) is 0. The van der Waals surface area contributed by atoms with Crippen molar-refractivity contribution in [2.24, 2.45) is 10.2 Å². The molecule has 6 nitrogen and oxygen atoms in total. The van der Waals surface area contributed by atoms with Crippen molar-refractivity contribution < 1.29 is 4.79 Å². The normalized spacial score (nSPS) is 17.6. The van der Waals surface area contributed by atoms with Crippen LogP contribution in [0, 0.1) is 12.3 Å². The number of fused-ring (bicyclic) bond motifs is 1. The molecule has 0 N–H and O–H groups in total. The molecule has 1 aromatic rings. The van der Waals surface area contributed by atoms with Crippen LogP contribution in [0.25, 0.3) is 0 Å². The first kappa shape index (κ1) is 12.7. The number of carbonyl (C=O) groups excluding carboxylic acids is 1. The molecule has 1 aromatic heterocycles. The Bertz CT molecular complexity index is 598. The van der Waals surface area contributed by atoms with Crippen molar-refractivity contribution in [2.45, 2.75) is 37.8 Å². The molecule has 0 bridgehead atoms. The van der Waals surface area contributed by atoms with Crippen molar-refractivity contribution in [1.29, 1.82) is 0 Å². The van der Waals surface area contributed by atoms with Gasteiger partial charge in [-0.2, -0.15) is 10.2 Å². The summed E-state index contributed by atoms with van der Waals surface area (Å²) >= 11 is 0. The number of hydrogen-bond acceptors (Lipinski definition) is 5. The van der Waals surface area contributed by atoms with Gasteiger partial charge in [0.25, 0.3) is 0 Å². The summed E-state index contributed by atoms with van der Waals surface area (Å²) < 4.78 is 0. The highest BCUT2D eigenvalue weighted by Crippen LogP contribution is 2.38. The first-order valence-corrected chi connectivity index (χ1v) is 6.71. The predicted molar refractivity (Wildman–Crippen MR) is 73.0 cm³/mol. The maximum Gasteiger partial charge on any atom is 0.228 e. The van der Waals surface area contributed by atoms with Gasteiger partial charge in [0.05, 0.1) is 0 Å². The van der Waals surface area contributed by atoms with E-state index in [1.165, 1.54) is 6.33 Å². The number of aromatic nitrogens is 2. The third kappa shape index (κ3) is 2.39. The number of hydrogen-bond donors (Lipinski definition) is 0. The number of anilines is 1. The zero-order valence-electron chi connectivity index (χ0n) is 11.1. The molecule has 0 unspecified atom stereocenters. The fraction of sp³-hybridized carbons (Fsp3) is 0.500. The first-order chi connectivity index (χ1) is 9.74. The van der Waals surface area contributed by atoms with E-state index in [9.17, 15) is 4.79 Å². The zero-order valence-corrected chi connectivity index (χ0v) is 11.1. The molecule has 2 aliphatic rings. The second-order valence-corrected chi connectivity index (χ2v) is 5.05. The van der Waals surface area contributed by atoms with Gasteiger partial charge in [-0.25, -0.2) is 9.97 Å². The SMILES string of the molecule is C#CCCC1(CCC(=O)N2CCc3cncnc32)N=N1. The van der Waals surface area contributed by atoms with E-state index < -0.39 is 5.66 Å². The minimum absolute atomic E-state index is 0.0693. The molecule has 2 aliphatic heterocycles. The van der Waals surface area contributed by atoms with Gasteiger partial charge in [-0.3, -0.25) is 9.69 Å². The van der Waals surface area contributed by atoms with Crippen LogP contribution in [-0.2, 0) is 11.2 Å². The molecule has 20 heavy (non-hydrogen) atoms. The second kappa shape index (κ2) is 5.00. The van der Waals surface area contributed by atoms with Crippen molar-refractivity contribution in [1.82, 2.24) is 9.97 Å². The van der Waals surface area contributed by atoms with Gasteiger partial charge >= 0.3 is 0 Å². The number of nitrogens with zero attached hydrogens (tertiary/aromatic N) is 5. The van der Waals surface area contributed by atoms with E-state index in [0.717, 1.165) is 24.2 Å². The van der Waals surface area contributed by atoms with Crippen molar-refractivity contribution in [3.63, 3.8) is 0 Å². The lowest BCUT2D eigenvalue weighted by molar-refractivity contribution is -0.118. The number of amides is 1. The summed E-state index contributed by atoms with van der Waals surface area (Å²) in [5, 5.41) is 8.09. The number of rotatable bonds is 5. The number of terminal acetylenes is 1. The smallest absolute Gasteiger partial charge is 0.228 e. The quantitative estimate of drug-likeness (QED) is 0.764. The maximum absolute atomic E-state index is 12.3. The molecule has 0 saturated heterocycles. The maximum atomic E-state index is 12.3. The van der Waals surface area contributed by atoms with Gasteiger partial charge in [-0.05, 0) is 6.42 Å². The van der Waals surface area contributed by atoms with Crippen molar-refractivity contribution >= 4 is 11.7 Å². The molecule has 0 aliphatic carbocycles. The van der Waals surface area contributed by atoms with Crippen LogP contribution in [0.2, 0.25) is 0 Å². The summed E-state index contributed by atoms with van der Waals surface area (Å²) in [6.07, 6.45) is 11.7. The molecule has 3 rings (SSSR count). The minimum Gasteiger partial charge on any atom is -0.296 e. The lowest BCUT2D eigenvalue weighted by atomic mass is 10.0. The highest BCUT2D eigenvalue weighted by Gasteiger charge is 2.40. The van der Waals surface area contributed by atoms with Gasteiger partial charge in [0.15, 0.2) is 5.66 Å². The van der Waals surface area contributed by atoms with Gasteiger partial charge in [0.2, 0.25) is 5.91 Å². The Balaban J connectivity index is 1.58. The van der Waals surface area contributed by atoms with Gasteiger partial charge in [0.1, 0.15) is 12.1 Å². The monoisotopic (exact) mass is 269 g/mol. The third-order valence-corrected chi connectivity index (χ3v) is 3.72. The summed E-state index contributed by atoms with van der Waals surface area (Å²) in [5.74, 6) is 3.40. The van der Waals surface area contributed by atoms with Crippen LogP contribution in [0.4, 0.5) is 5.82 Å². The average Bonchev–Trinajstić information content (AvgIpc) is 3.12. The third-order valence-electron chi connectivity index (χ3n) is 3.72. The lowest BCUT2D eigenvalue weighted by Gasteiger charge is -2.17. The van der Waals surface area contributed by atoms with Crippen molar-refractivity contribution in [3.8, 4) is 12.3 Å². The molecule has 6 heteroatoms. The fourth-order valence-electron chi connectivity index (χ4n) is 2.46. The molecular formula is C14H15N5O. The van der Waals surface area contributed by atoms with E-state index >= 15 is 0 Å². The standard InChI is InChI=1S/C14H15N5O/c1-2-3-6-14(17-18-14)7-4-12(20)19-8-5-11-9-15-10-16-13(11)19/h1,9-10H,3-8H2. The van der Waals surface area contributed by atoms with Gasteiger partial charge in [-0.15, -0.1) is 12.3 Å². The summed E-state index contributed by atoms with van der Waals surface area (Å²) in [7, 11) is 0. The number of carbonyl (C=O) groups is 1. The van der Waals surface area contributed by atoms with E-state index in [1.54, 1.807) is 11.1 Å². The molecule has 0 aromatic carbocycles. The molecule has 0 radical (unpaired) electrons. The zero-order chi connectivity index (χ0) is 14.0. The molecule has 0 atom stereocenters. The molecule has 3 heterocycles. The highest BCUT2D eigenvalue weighted by atomic mass is 16.2. The van der Waals surface area contributed by atoms with Crippen LogP contribution < -0.4 is 4.90 Å². The molecular weight excluding hydrogens is 254 g/mol. The van der Waals surface area contributed by atoms with Gasteiger partial charge < -0.3 is 0 Å². The molecule has 0 spiro atoms. The van der Waals surface area contributed by atoms with Crippen molar-refractivity contribution in [3.05, 3.63) is 18.1 Å². The van der Waals surface area contributed by atoms with Crippen LogP contribution in [0.5, 0.6) is 0 Å².